The van der Waals surface area contributed by atoms with Crippen LogP contribution in [0.1, 0.15) is 11.7 Å². The van der Waals surface area contributed by atoms with E-state index < -0.39 is 0 Å². The number of anilines is 1. The molecule has 0 spiro atoms. The zero-order valence-corrected chi connectivity index (χ0v) is 13.0. The van der Waals surface area contributed by atoms with Gasteiger partial charge in [0.15, 0.2) is 5.58 Å². The van der Waals surface area contributed by atoms with Crippen LogP contribution in [0.3, 0.4) is 0 Å². The molecule has 1 fully saturated rings. The molecule has 2 heterocycles. The molecule has 0 radical (unpaired) electrons. The fourth-order valence-electron chi connectivity index (χ4n) is 3.12. The normalized spacial score (nSPS) is 18.3. The van der Waals surface area contributed by atoms with E-state index in [4.69, 9.17) is 9.26 Å². The molecule has 3 aromatic rings. The van der Waals surface area contributed by atoms with Crippen LogP contribution in [-0.4, -0.2) is 31.9 Å². The second kappa shape index (κ2) is 5.93. The lowest BCUT2D eigenvalue weighted by Crippen LogP contribution is -2.46. The van der Waals surface area contributed by atoms with E-state index in [0.29, 0.717) is 0 Å². The van der Waals surface area contributed by atoms with Gasteiger partial charge in [0.25, 0.3) is 0 Å². The Morgan fingerprint density at radius 2 is 2.09 bits per heavy atom. The van der Waals surface area contributed by atoms with E-state index >= 15 is 0 Å². The monoisotopic (exact) mass is 309 g/mol. The Morgan fingerprint density at radius 3 is 2.91 bits per heavy atom. The highest BCUT2D eigenvalue weighted by atomic mass is 16.5. The van der Waals surface area contributed by atoms with Crippen molar-refractivity contribution in [3.63, 3.8) is 0 Å². The van der Waals surface area contributed by atoms with Crippen molar-refractivity contribution in [1.29, 1.82) is 0 Å². The molecule has 0 bridgehead atoms. The number of para-hydroxylation sites is 1. The molecule has 1 atom stereocenters. The lowest BCUT2D eigenvalue weighted by atomic mass is 10.1. The summed E-state index contributed by atoms with van der Waals surface area (Å²) < 4.78 is 10.7. The Morgan fingerprint density at radius 1 is 1.22 bits per heavy atom. The molecule has 1 N–H and O–H groups in total. The van der Waals surface area contributed by atoms with Crippen molar-refractivity contribution in [2.24, 2.45) is 0 Å². The van der Waals surface area contributed by atoms with Gasteiger partial charge < -0.3 is 19.5 Å². The van der Waals surface area contributed by atoms with Crippen LogP contribution in [0, 0.1) is 0 Å². The topological polar surface area (TPSA) is 50.5 Å². The van der Waals surface area contributed by atoms with E-state index in [1.165, 1.54) is 5.69 Å². The molecule has 0 aliphatic carbocycles. The Hall–Kier alpha value is -2.53. The average Bonchev–Trinajstić information content (AvgIpc) is 3.05. The highest BCUT2D eigenvalue weighted by molar-refractivity contribution is 5.81. The van der Waals surface area contributed by atoms with Crippen molar-refractivity contribution in [3.8, 4) is 5.75 Å². The third kappa shape index (κ3) is 2.64. The zero-order valence-electron chi connectivity index (χ0n) is 13.0. The molecular weight excluding hydrogens is 290 g/mol. The first kappa shape index (κ1) is 14.1. The summed E-state index contributed by atoms with van der Waals surface area (Å²) in [4.78, 5) is 2.38. The van der Waals surface area contributed by atoms with Gasteiger partial charge in [0.1, 0.15) is 11.4 Å². The molecule has 1 aliphatic heterocycles. The standard InChI is InChI=1S/C18H19N3O2/c1-22-14-7-8-15-17(11-14)23-20-18(15)16-12-21(10-9-19-16)13-5-3-2-4-6-13/h2-8,11,16,19H,9-10,12H2,1H3. The van der Waals surface area contributed by atoms with E-state index in [9.17, 15) is 0 Å². The maximum Gasteiger partial charge on any atom is 0.170 e. The van der Waals surface area contributed by atoms with E-state index in [1.54, 1.807) is 7.11 Å². The summed E-state index contributed by atoms with van der Waals surface area (Å²) in [6.07, 6.45) is 0. The molecule has 1 unspecified atom stereocenters. The highest BCUT2D eigenvalue weighted by Gasteiger charge is 2.25. The van der Waals surface area contributed by atoms with Crippen LogP contribution < -0.4 is 15.0 Å². The summed E-state index contributed by atoms with van der Waals surface area (Å²) in [6.45, 7) is 2.78. The first-order valence-electron chi connectivity index (χ1n) is 7.82. The van der Waals surface area contributed by atoms with Crippen molar-refractivity contribution in [3.05, 3.63) is 54.2 Å². The minimum absolute atomic E-state index is 0.151. The fourth-order valence-corrected chi connectivity index (χ4v) is 3.12. The number of nitrogens with zero attached hydrogens (tertiary/aromatic N) is 2. The number of piperazine rings is 1. The van der Waals surface area contributed by atoms with E-state index in [1.807, 2.05) is 24.3 Å². The van der Waals surface area contributed by atoms with Crippen LogP contribution in [0.25, 0.3) is 11.0 Å². The molecule has 118 valence electrons. The van der Waals surface area contributed by atoms with Crippen LogP contribution in [-0.2, 0) is 0 Å². The molecule has 0 saturated carbocycles. The number of nitrogens with one attached hydrogen (secondary N) is 1. The molecule has 2 aromatic carbocycles. The molecule has 23 heavy (non-hydrogen) atoms. The Labute approximate surface area is 134 Å². The number of aromatic nitrogens is 1. The molecule has 4 rings (SSSR count). The number of methoxy groups -OCH3 is 1. The Kier molecular flexibility index (Phi) is 3.63. The SMILES string of the molecule is COc1ccc2c(C3CN(c4ccccc4)CCN3)noc2c1. The van der Waals surface area contributed by atoms with Gasteiger partial charge in [-0.3, -0.25) is 0 Å². The summed E-state index contributed by atoms with van der Waals surface area (Å²) >= 11 is 0. The van der Waals surface area contributed by atoms with Gasteiger partial charge in [0, 0.05) is 36.8 Å². The quantitative estimate of drug-likeness (QED) is 0.806. The predicted octanol–water partition coefficient (Wildman–Crippen LogP) is 2.99. The van der Waals surface area contributed by atoms with Crippen LogP contribution in [0.2, 0.25) is 0 Å². The van der Waals surface area contributed by atoms with Gasteiger partial charge in [-0.2, -0.15) is 0 Å². The van der Waals surface area contributed by atoms with Crippen molar-refractivity contribution < 1.29 is 9.26 Å². The van der Waals surface area contributed by atoms with Crippen LogP contribution in [0.5, 0.6) is 5.75 Å². The molecule has 5 nitrogen and oxygen atoms in total. The van der Waals surface area contributed by atoms with Crippen molar-refractivity contribution >= 4 is 16.7 Å². The second-order valence-electron chi connectivity index (χ2n) is 5.72. The zero-order chi connectivity index (χ0) is 15.6. The fraction of sp³-hybridized carbons (Fsp3) is 0.278. The van der Waals surface area contributed by atoms with E-state index in [2.05, 4.69) is 39.6 Å². The van der Waals surface area contributed by atoms with Crippen LogP contribution in [0.4, 0.5) is 5.69 Å². The smallest absolute Gasteiger partial charge is 0.170 e. The Balaban J connectivity index is 1.62. The second-order valence-corrected chi connectivity index (χ2v) is 5.72. The first-order valence-corrected chi connectivity index (χ1v) is 7.82. The van der Waals surface area contributed by atoms with Gasteiger partial charge in [-0.25, -0.2) is 0 Å². The largest absolute Gasteiger partial charge is 0.497 e. The number of fused-ring (bicyclic) bond motifs is 1. The van der Waals surface area contributed by atoms with Gasteiger partial charge in [-0.1, -0.05) is 23.4 Å². The predicted molar refractivity (Wildman–Crippen MR) is 90.0 cm³/mol. The number of hydrogen-bond donors (Lipinski definition) is 1. The maximum absolute atomic E-state index is 5.50. The maximum atomic E-state index is 5.50. The highest BCUT2D eigenvalue weighted by Crippen LogP contribution is 2.29. The number of benzene rings is 2. The lowest BCUT2D eigenvalue weighted by molar-refractivity contribution is 0.400. The summed E-state index contributed by atoms with van der Waals surface area (Å²) in [5.74, 6) is 0.780. The van der Waals surface area contributed by atoms with Crippen molar-refractivity contribution in [2.75, 3.05) is 31.6 Å². The van der Waals surface area contributed by atoms with Gasteiger partial charge in [0.2, 0.25) is 0 Å². The van der Waals surface area contributed by atoms with Crippen molar-refractivity contribution in [2.45, 2.75) is 6.04 Å². The minimum Gasteiger partial charge on any atom is -0.497 e. The van der Waals surface area contributed by atoms with Gasteiger partial charge in [-0.15, -0.1) is 0 Å². The Bertz CT molecular complexity index is 800. The summed E-state index contributed by atoms with van der Waals surface area (Å²) in [5, 5.41) is 8.89. The van der Waals surface area contributed by atoms with Gasteiger partial charge in [-0.05, 0) is 24.3 Å². The average molecular weight is 309 g/mol. The summed E-state index contributed by atoms with van der Waals surface area (Å²) in [6, 6.07) is 16.5. The van der Waals surface area contributed by atoms with Gasteiger partial charge in [0.05, 0.1) is 13.2 Å². The third-order valence-corrected chi connectivity index (χ3v) is 4.33. The van der Waals surface area contributed by atoms with Gasteiger partial charge >= 0.3 is 0 Å². The molecule has 0 amide bonds. The van der Waals surface area contributed by atoms with E-state index in [-0.39, 0.29) is 6.04 Å². The number of hydrogen-bond acceptors (Lipinski definition) is 5. The molecule has 1 saturated heterocycles. The van der Waals surface area contributed by atoms with E-state index in [0.717, 1.165) is 42.0 Å². The molecule has 1 aromatic heterocycles. The van der Waals surface area contributed by atoms with Crippen LogP contribution in [0.15, 0.2) is 53.1 Å². The molecule has 1 aliphatic rings. The summed E-state index contributed by atoms with van der Waals surface area (Å²) in [7, 11) is 1.65. The van der Waals surface area contributed by atoms with Crippen LogP contribution >= 0.6 is 0 Å². The molecular formula is C18H19N3O2. The van der Waals surface area contributed by atoms with Crippen molar-refractivity contribution in [1.82, 2.24) is 10.5 Å². The first-order chi connectivity index (χ1) is 11.3. The molecule has 5 heteroatoms. The third-order valence-electron chi connectivity index (χ3n) is 4.33. The number of ether oxygens (including phenoxy) is 1. The lowest BCUT2D eigenvalue weighted by Gasteiger charge is -2.34. The minimum atomic E-state index is 0.151. The summed E-state index contributed by atoms with van der Waals surface area (Å²) in [5.41, 5.74) is 2.97. The number of rotatable bonds is 3.